The lowest BCUT2D eigenvalue weighted by molar-refractivity contribution is 0.511. The fourth-order valence-electron chi connectivity index (χ4n) is 3.26. The van der Waals surface area contributed by atoms with E-state index in [1.807, 2.05) is 30.3 Å². The summed E-state index contributed by atoms with van der Waals surface area (Å²) in [6, 6.07) is 9.71. The summed E-state index contributed by atoms with van der Waals surface area (Å²) in [7, 11) is -3.02. The minimum atomic E-state index is -3.02. The second kappa shape index (κ2) is 6.11. The maximum atomic E-state index is 12.7. The van der Waals surface area contributed by atoms with Gasteiger partial charge in [0.05, 0.1) is 30.1 Å². The molecule has 0 N–H and O–H groups in total. The summed E-state index contributed by atoms with van der Waals surface area (Å²) < 4.78 is 26.5. The third-order valence-electron chi connectivity index (χ3n) is 4.62. The molecule has 0 saturated carbocycles. The number of rotatable bonds is 4. The van der Waals surface area contributed by atoms with Crippen LogP contribution in [0.15, 0.2) is 47.7 Å². The van der Waals surface area contributed by atoms with Crippen LogP contribution in [0, 0.1) is 0 Å². The van der Waals surface area contributed by atoms with E-state index in [0.717, 1.165) is 12.0 Å². The van der Waals surface area contributed by atoms with Crippen LogP contribution in [0.2, 0.25) is 0 Å². The molecule has 0 unspecified atom stereocenters. The van der Waals surface area contributed by atoms with E-state index in [1.54, 1.807) is 9.25 Å². The van der Waals surface area contributed by atoms with Crippen LogP contribution < -0.4 is 5.56 Å². The Morgan fingerprint density at radius 3 is 2.72 bits per heavy atom. The molecule has 1 aliphatic heterocycles. The minimum absolute atomic E-state index is 0.0581. The molecule has 3 heterocycles. The van der Waals surface area contributed by atoms with Crippen LogP contribution in [-0.2, 0) is 22.8 Å². The Balaban J connectivity index is 1.62. The normalized spacial score (nSPS) is 19.4. The predicted octanol–water partition coefficient (Wildman–Crippen LogP) is 1.20. The average Bonchev–Trinajstić information content (AvgIpc) is 3.18. The third-order valence-corrected chi connectivity index (χ3v) is 6.37. The lowest BCUT2D eigenvalue weighted by Crippen LogP contribution is -2.22. The second-order valence-corrected chi connectivity index (χ2v) is 8.59. The first kappa shape index (κ1) is 16.0. The van der Waals surface area contributed by atoms with E-state index in [9.17, 15) is 13.2 Å². The number of nitrogens with zero attached hydrogens (tertiary/aromatic N) is 4. The van der Waals surface area contributed by atoms with E-state index >= 15 is 0 Å². The Morgan fingerprint density at radius 2 is 2.00 bits per heavy atom. The predicted molar refractivity (Wildman–Crippen MR) is 94.2 cm³/mol. The molecular weight excluding hydrogens is 340 g/mol. The molecule has 4 rings (SSSR count). The van der Waals surface area contributed by atoms with Crippen LogP contribution in [0.1, 0.15) is 18.0 Å². The highest BCUT2D eigenvalue weighted by molar-refractivity contribution is 7.91. The van der Waals surface area contributed by atoms with Gasteiger partial charge in [0.1, 0.15) is 5.39 Å². The van der Waals surface area contributed by atoms with Gasteiger partial charge in [-0.1, -0.05) is 30.3 Å². The van der Waals surface area contributed by atoms with Crippen molar-refractivity contribution in [1.29, 1.82) is 0 Å². The summed E-state index contributed by atoms with van der Waals surface area (Å²) in [5.74, 6) is 0.218. The maximum Gasteiger partial charge on any atom is 0.264 e. The zero-order valence-electron chi connectivity index (χ0n) is 13.6. The smallest absolute Gasteiger partial charge is 0.264 e. The molecule has 25 heavy (non-hydrogen) atoms. The Morgan fingerprint density at radius 1 is 1.20 bits per heavy atom. The molecule has 3 aromatic rings. The maximum absolute atomic E-state index is 12.7. The first-order valence-corrected chi connectivity index (χ1v) is 10.0. The lowest BCUT2D eigenvalue weighted by atomic mass is 10.1. The molecular formula is C17H18N4O3S. The number of hydrogen-bond donors (Lipinski definition) is 0. The van der Waals surface area contributed by atoms with Gasteiger partial charge in [-0.05, 0) is 18.4 Å². The SMILES string of the molecule is O=c1c2cnn([C@H]3CCS(=O)(=O)C3)c2ncn1CCc1ccccc1. The van der Waals surface area contributed by atoms with Crippen LogP contribution in [0.4, 0.5) is 0 Å². The van der Waals surface area contributed by atoms with Crippen molar-refractivity contribution in [3.63, 3.8) is 0 Å². The number of aryl methyl sites for hydroxylation is 2. The zero-order chi connectivity index (χ0) is 17.4. The van der Waals surface area contributed by atoms with Gasteiger partial charge >= 0.3 is 0 Å². The molecule has 0 spiro atoms. The van der Waals surface area contributed by atoms with Gasteiger partial charge in [0.15, 0.2) is 15.5 Å². The first-order chi connectivity index (χ1) is 12.0. The van der Waals surface area contributed by atoms with Gasteiger partial charge < -0.3 is 0 Å². The van der Waals surface area contributed by atoms with Gasteiger partial charge in [-0.3, -0.25) is 9.36 Å². The molecule has 0 bridgehead atoms. The summed E-state index contributed by atoms with van der Waals surface area (Å²) >= 11 is 0. The van der Waals surface area contributed by atoms with Gasteiger partial charge in [-0.15, -0.1) is 0 Å². The molecule has 130 valence electrons. The Labute approximate surface area is 144 Å². The summed E-state index contributed by atoms with van der Waals surface area (Å²) in [4.78, 5) is 17.0. The van der Waals surface area contributed by atoms with Gasteiger partial charge in [-0.2, -0.15) is 5.10 Å². The van der Waals surface area contributed by atoms with Crippen LogP contribution in [0.5, 0.6) is 0 Å². The highest BCUT2D eigenvalue weighted by atomic mass is 32.2. The van der Waals surface area contributed by atoms with E-state index in [0.29, 0.717) is 24.0 Å². The summed E-state index contributed by atoms with van der Waals surface area (Å²) in [6.07, 6.45) is 4.27. The van der Waals surface area contributed by atoms with Gasteiger partial charge in [0.25, 0.3) is 5.56 Å². The van der Waals surface area contributed by atoms with E-state index in [-0.39, 0.29) is 23.1 Å². The lowest BCUT2D eigenvalue weighted by Gasteiger charge is -2.10. The minimum Gasteiger partial charge on any atom is -0.298 e. The van der Waals surface area contributed by atoms with E-state index in [4.69, 9.17) is 0 Å². The van der Waals surface area contributed by atoms with Crippen LogP contribution in [-0.4, -0.2) is 39.3 Å². The second-order valence-electron chi connectivity index (χ2n) is 6.36. The monoisotopic (exact) mass is 358 g/mol. The van der Waals surface area contributed by atoms with Crippen molar-refractivity contribution in [2.45, 2.75) is 25.4 Å². The van der Waals surface area contributed by atoms with Gasteiger partial charge in [-0.25, -0.2) is 18.1 Å². The van der Waals surface area contributed by atoms with Crippen molar-refractivity contribution in [2.75, 3.05) is 11.5 Å². The molecule has 2 aromatic heterocycles. The Kier molecular flexibility index (Phi) is 3.91. The first-order valence-electron chi connectivity index (χ1n) is 8.20. The van der Waals surface area contributed by atoms with E-state index in [2.05, 4.69) is 10.1 Å². The molecule has 0 radical (unpaired) electrons. The molecule has 1 atom stereocenters. The molecule has 1 fully saturated rings. The molecule has 1 aliphatic rings. The van der Waals surface area contributed by atoms with Crippen molar-refractivity contribution in [1.82, 2.24) is 19.3 Å². The van der Waals surface area contributed by atoms with Crippen LogP contribution in [0.3, 0.4) is 0 Å². The summed E-state index contributed by atoms with van der Waals surface area (Å²) in [5, 5.41) is 4.67. The average molecular weight is 358 g/mol. The fourth-order valence-corrected chi connectivity index (χ4v) is 4.95. The molecule has 1 saturated heterocycles. The number of aromatic nitrogens is 4. The molecule has 0 amide bonds. The summed E-state index contributed by atoms with van der Waals surface area (Å²) in [5.41, 5.74) is 1.47. The highest BCUT2D eigenvalue weighted by Crippen LogP contribution is 2.25. The highest BCUT2D eigenvalue weighted by Gasteiger charge is 2.31. The van der Waals surface area contributed by atoms with Crippen LogP contribution >= 0.6 is 0 Å². The van der Waals surface area contributed by atoms with E-state index < -0.39 is 9.84 Å². The van der Waals surface area contributed by atoms with Crippen molar-refractivity contribution in [3.05, 3.63) is 58.8 Å². The van der Waals surface area contributed by atoms with Crippen molar-refractivity contribution >= 4 is 20.9 Å². The molecule has 7 nitrogen and oxygen atoms in total. The zero-order valence-corrected chi connectivity index (χ0v) is 14.4. The van der Waals surface area contributed by atoms with Crippen molar-refractivity contribution in [3.8, 4) is 0 Å². The van der Waals surface area contributed by atoms with E-state index in [1.165, 1.54) is 12.5 Å². The molecule has 1 aromatic carbocycles. The topological polar surface area (TPSA) is 86.8 Å². The molecule has 8 heteroatoms. The van der Waals surface area contributed by atoms with Gasteiger partial charge in [0.2, 0.25) is 0 Å². The van der Waals surface area contributed by atoms with Gasteiger partial charge in [0, 0.05) is 6.54 Å². The standard InChI is InChI=1S/C17H18N4O3S/c22-17-15-10-19-21(14-7-9-25(23,24)11-14)16(15)18-12-20(17)8-6-13-4-2-1-3-5-13/h1-5,10,12,14H,6-9,11H2/t14-/m0/s1. The molecule has 0 aliphatic carbocycles. The number of hydrogen-bond acceptors (Lipinski definition) is 5. The Bertz CT molecular complexity index is 1070. The summed E-state index contributed by atoms with van der Waals surface area (Å²) in [6.45, 7) is 0.536. The largest absolute Gasteiger partial charge is 0.298 e. The van der Waals surface area contributed by atoms with Crippen molar-refractivity contribution < 1.29 is 8.42 Å². The van der Waals surface area contributed by atoms with Crippen molar-refractivity contribution in [2.24, 2.45) is 0 Å². The quantitative estimate of drug-likeness (QED) is 0.699. The van der Waals surface area contributed by atoms with Crippen LogP contribution in [0.25, 0.3) is 11.0 Å². The number of sulfone groups is 1. The Hall–Kier alpha value is -2.48. The number of fused-ring (bicyclic) bond motifs is 1. The fraction of sp³-hybridized carbons (Fsp3) is 0.353. The number of benzene rings is 1. The third kappa shape index (κ3) is 3.09.